The van der Waals surface area contributed by atoms with Crippen molar-refractivity contribution in [2.45, 2.75) is 39.6 Å². The first-order valence-corrected chi connectivity index (χ1v) is 10.3. The largest absolute Gasteiger partial charge is 0.301 e. The van der Waals surface area contributed by atoms with Gasteiger partial charge in [0.2, 0.25) is 5.91 Å². The Morgan fingerprint density at radius 2 is 1.81 bits per heavy atom. The summed E-state index contributed by atoms with van der Waals surface area (Å²) < 4.78 is 0. The summed E-state index contributed by atoms with van der Waals surface area (Å²) in [5.74, 6) is 0.0296. The number of nitrogens with zero attached hydrogens (tertiary/aromatic N) is 2. The van der Waals surface area contributed by atoms with Gasteiger partial charge in [-0.25, -0.2) is 9.97 Å². The molecule has 1 amide bonds. The quantitative estimate of drug-likeness (QED) is 0.490. The second-order valence-electron chi connectivity index (χ2n) is 6.58. The van der Waals surface area contributed by atoms with E-state index in [9.17, 15) is 9.59 Å². The van der Waals surface area contributed by atoms with Crippen LogP contribution in [-0.4, -0.2) is 27.4 Å². The topological polar surface area (TPSA) is 72.0 Å². The first-order valence-electron chi connectivity index (χ1n) is 8.54. The van der Waals surface area contributed by atoms with Crippen LogP contribution < -0.4 is 5.32 Å². The number of hydrogen-bond donors (Lipinski definition) is 1. The zero-order valence-electron chi connectivity index (χ0n) is 16.0. The van der Waals surface area contributed by atoms with Gasteiger partial charge in [-0.3, -0.25) is 9.59 Å². The smallest absolute Gasteiger partial charge is 0.236 e. The number of carbonyl (C=O) groups excluding carboxylic acids is 2. The van der Waals surface area contributed by atoms with Crippen LogP contribution in [0.3, 0.4) is 0 Å². The Hall–Kier alpha value is -2.25. The number of ketones is 1. The Balaban J connectivity index is 1.72. The lowest BCUT2D eigenvalue weighted by molar-refractivity contribution is -0.113. The number of aromatic nitrogens is 2. The zero-order valence-corrected chi connectivity index (χ0v) is 17.6. The van der Waals surface area contributed by atoms with E-state index in [1.54, 1.807) is 6.92 Å². The average Bonchev–Trinajstić information content (AvgIpc) is 2.94. The Bertz CT molecular complexity index is 1060. The van der Waals surface area contributed by atoms with Gasteiger partial charge in [0.25, 0.3) is 0 Å². The fraction of sp³-hybridized carbons (Fsp3) is 0.300. The third kappa shape index (κ3) is 4.36. The highest BCUT2D eigenvalue weighted by Gasteiger charge is 2.14. The van der Waals surface area contributed by atoms with E-state index < -0.39 is 0 Å². The molecule has 2 heterocycles. The molecule has 0 saturated carbocycles. The van der Waals surface area contributed by atoms with E-state index in [0.717, 1.165) is 27.1 Å². The minimum Gasteiger partial charge on any atom is -0.301 e. The molecule has 27 heavy (non-hydrogen) atoms. The van der Waals surface area contributed by atoms with Crippen LogP contribution in [0, 0.1) is 27.7 Å². The number of thioether (sulfide) groups is 1. The van der Waals surface area contributed by atoms with Crippen molar-refractivity contribution >= 4 is 50.8 Å². The van der Waals surface area contributed by atoms with Gasteiger partial charge >= 0.3 is 0 Å². The molecule has 3 aromatic rings. The predicted octanol–water partition coefficient (Wildman–Crippen LogP) is 4.86. The van der Waals surface area contributed by atoms with Gasteiger partial charge in [-0.1, -0.05) is 34.7 Å². The van der Waals surface area contributed by atoms with E-state index in [4.69, 9.17) is 4.98 Å². The fourth-order valence-corrected chi connectivity index (χ4v) is 4.60. The molecule has 0 unspecified atom stereocenters. The van der Waals surface area contributed by atoms with Crippen LogP contribution in [0.25, 0.3) is 10.9 Å². The van der Waals surface area contributed by atoms with Crippen molar-refractivity contribution in [1.82, 2.24) is 9.97 Å². The minimum atomic E-state index is -0.163. The number of pyridine rings is 1. The summed E-state index contributed by atoms with van der Waals surface area (Å²) in [5, 5.41) is 5.19. The molecule has 140 valence electrons. The number of nitrogens with one attached hydrogen (secondary N) is 1. The van der Waals surface area contributed by atoms with E-state index in [-0.39, 0.29) is 17.4 Å². The first-order chi connectivity index (χ1) is 12.7. The van der Waals surface area contributed by atoms with Gasteiger partial charge in [-0.05, 0) is 51.0 Å². The molecular weight excluding hydrogens is 378 g/mol. The third-order valence-corrected chi connectivity index (χ3v) is 6.23. The standard InChI is InChI=1S/C20H21N3O2S2/c1-10-6-12(3)18-15(7-10)11(2)8-17(23-18)26-9-16(25)22-20-21-13(4)19(27-20)14(5)24/h6-8H,9H2,1-5H3,(H,21,22,25). The van der Waals surface area contributed by atoms with Crippen LogP contribution in [0.5, 0.6) is 0 Å². The summed E-state index contributed by atoms with van der Waals surface area (Å²) in [7, 11) is 0. The second-order valence-corrected chi connectivity index (χ2v) is 8.58. The van der Waals surface area contributed by atoms with Crippen molar-refractivity contribution in [2.75, 3.05) is 11.1 Å². The summed E-state index contributed by atoms with van der Waals surface area (Å²) in [5.41, 5.74) is 5.12. The van der Waals surface area contributed by atoms with Gasteiger partial charge in [0, 0.05) is 12.3 Å². The van der Waals surface area contributed by atoms with Gasteiger partial charge in [0.1, 0.15) is 0 Å². The van der Waals surface area contributed by atoms with Crippen molar-refractivity contribution in [2.24, 2.45) is 0 Å². The van der Waals surface area contributed by atoms with Crippen molar-refractivity contribution in [1.29, 1.82) is 0 Å². The molecule has 1 N–H and O–H groups in total. The average molecular weight is 400 g/mol. The molecule has 2 aromatic heterocycles. The van der Waals surface area contributed by atoms with E-state index in [2.05, 4.69) is 43.2 Å². The number of carbonyl (C=O) groups is 2. The maximum atomic E-state index is 12.3. The van der Waals surface area contributed by atoms with Crippen LogP contribution in [0.4, 0.5) is 5.13 Å². The van der Waals surface area contributed by atoms with Crippen LogP contribution in [0.1, 0.15) is 39.0 Å². The number of benzene rings is 1. The number of anilines is 1. The number of amides is 1. The lowest BCUT2D eigenvalue weighted by Gasteiger charge is -2.09. The number of hydrogen-bond acceptors (Lipinski definition) is 6. The molecule has 0 aliphatic heterocycles. The number of Topliss-reactive ketones (excluding diaryl/α,β-unsaturated/α-hetero) is 1. The van der Waals surface area contributed by atoms with Gasteiger partial charge in [0.05, 0.1) is 26.9 Å². The molecule has 7 heteroatoms. The van der Waals surface area contributed by atoms with Gasteiger partial charge in [-0.2, -0.15) is 0 Å². The number of aryl methyl sites for hydroxylation is 4. The normalized spacial score (nSPS) is 11.0. The molecule has 5 nitrogen and oxygen atoms in total. The maximum absolute atomic E-state index is 12.3. The molecule has 0 spiro atoms. The number of fused-ring (bicyclic) bond motifs is 1. The SMILES string of the molecule is CC(=O)c1sc(NC(=O)CSc2cc(C)c3cc(C)cc(C)c3n2)nc1C. The monoisotopic (exact) mass is 399 g/mol. The van der Waals surface area contributed by atoms with Crippen molar-refractivity contribution < 1.29 is 9.59 Å². The third-order valence-electron chi connectivity index (χ3n) is 4.15. The van der Waals surface area contributed by atoms with Crippen LogP contribution in [0.15, 0.2) is 23.2 Å². The van der Waals surface area contributed by atoms with E-state index in [1.807, 2.05) is 6.07 Å². The van der Waals surface area contributed by atoms with Crippen LogP contribution in [-0.2, 0) is 4.79 Å². The summed E-state index contributed by atoms with van der Waals surface area (Å²) >= 11 is 2.60. The van der Waals surface area contributed by atoms with Gasteiger partial charge < -0.3 is 5.32 Å². The van der Waals surface area contributed by atoms with Crippen molar-refractivity contribution in [3.05, 3.63) is 45.5 Å². The lowest BCUT2D eigenvalue weighted by Crippen LogP contribution is -2.14. The Morgan fingerprint density at radius 3 is 2.48 bits per heavy atom. The molecule has 0 radical (unpaired) electrons. The molecule has 0 aliphatic carbocycles. The molecular formula is C20H21N3O2S2. The maximum Gasteiger partial charge on any atom is 0.236 e. The Morgan fingerprint density at radius 1 is 1.07 bits per heavy atom. The summed E-state index contributed by atoms with van der Waals surface area (Å²) in [6, 6.07) is 6.27. The first kappa shape index (κ1) is 19.5. The van der Waals surface area contributed by atoms with Crippen molar-refractivity contribution in [3.8, 4) is 0 Å². The molecule has 1 aromatic carbocycles. The summed E-state index contributed by atoms with van der Waals surface area (Å²) in [4.78, 5) is 33.3. The molecule has 0 aliphatic rings. The second kappa shape index (κ2) is 7.78. The highest BCUT2D eigenvalue weighted by atomic mass is 32.2. The highest BCUT2D eigenvalue weighted by molar-refractivity contribution is 7.99. The summed E-state index contributed by atoms with van der Waals surface area (Å²) in [6.07, 6.45) is 0. The predicted molar refractivity (Wildman–Crippen MR) is 112 cm³/mol. The lowest BCUT2D eigenvalue weighted by atomic mass is 10.0. The number of thiazole rings is 1. The van der Waals surface area contributed by atoms with Crippen molar-refractivity contribution in [3.63, 3.8) is 0 Å². The van der Waals surface area contributed by atoms with E-state index in [1.165, 1.54) is 35.6 Å². The molecule has 0 saturated heterocycles. The van der Waals surface area contributed by atoms with Gasteiger partial charge in [-0.15, -0.1) is 0 Å². The Kier molecular flexibility index (Phi) is 5.62. The number of rotatable bonds is 5. The highest BCUT2D eigenvalue weighted by Crippen LogP contribution is 2.27. The molecule has 0 atom stereocenters. The van der Waals surface area contributed by atoms with Crippen LogP contribution >= 0.6 is 23.1 Å². The van der Waals surface area contributed by atoms with Crippen LogP contribution in [0.2, 0.25) is 0 Å². The summed E-state index contributed by atoms with van der Waals surface area (Å²) in [6.45, 7) is 9.47. The fourth-order valence-electron chi connectivity index (χ4n) is 2.96. The minimum absolute atomic E-state index is 0.0404. The van der Waals surface area contributed by atoms with Gasteiger partial charge in [0.15, 0.2) is 10.9 Å². The Labute approximate surface area is 166 Å². The zero-order chi connectivity index (χ0) is 19.7. The molecule has 3 rings (SSSR count). The van der Waals surface area contributed by atoms with E-state index >= 15 is 0 Å². The van der Waals surface area contributed by atoms with E-state index in [0.29, 0.717) is 15.7 Å². The molecule has 0 fully saturated rings. The molecule has 0 bridgehead atoms.